The van der Waals surface area contributed by atoms with Crippen molar-refractivity contribution in [2.75, 3.05) is 0 Å². The van der Waals surface area contributed by atoms with Gasteiger partial charge in [-0.3, -0.25) is 0 Å². The molecule has 0 aliphatic rings. The molecule has 0 saturated heterocycles. The van der Waals surface area contributed by atoms with Crippen molar-refractivity contribution in [3.05, 3.63) is 81.8 Å². The van der Waals surface area contributed by atoms with Crippen molar-refractivity contribution in [3.63, 3.8) is 0 Å². The first-order valence-corrected chi connectivity index (χ1v) is 8.25. The summed E-state index contributed by atoms with van der Waals surface area (Å²) in [5.74, 6) is 0. The highest BCUT2D eigenvalue weighted by atomic mass is 79.9. The molecule has 2 heteroatoms. The number of benzene rings is 3. The predicted octanol–water partition coefficient (Wildman–Crippen LogP) is 6.43. The van der Waals surface area contributed by atoms with Crippen molar-refractivity contribution in [1.82, 2.24) is 0 Å². The molecule has 0 bridgehead atoms. The van der Waals surface area contributed by atoms with Gasteiger partial charge in [0.2, 0.25) is 0 Å². The maximum absolute atomic E-state index is 6.69. The third kappa shape index (κ3) is 3.14. The van der Waals surface area contributed by atoms with Gasteiger partial charge in [-0.2, -0.15) is 0 Å². The monoisotopic (exact) mass is 358 g/mol. The van der Waals surface area contributed by atoms with Gasteiger partial charge in [-0.05, 0) is 41.3 Å². The van der Waals surface area contributed by atoms with E-state index in [4.69, 9.17) is 11.6 Å². The Morgan fingerprint density at radius 3 is 2.62 bits per heavy atom. The number of fused-ring (bicyclic) bond motifs is 1. The maximum atomic E-state index is 6.69. The van der Waals surface area contributed by atoms with Gasteiger partial charge in [-0.15, -0.1) is 11.6 Å². The molecule has 0 aliphatic heterocycles. The van der Waals surface area contributed by atoms with Crippen LogP contribution in [0.1, 0.15) is 22.1 Å². The summed E-state index contributed by atoms with van der Waals surface area (Å²) in [6, 6.07) is 21.2. The average Bonchev–Trinajstić information content (AvgIpc) is 2.50. The van der Waals surface area contributed by atoms with Gasteiger partial charge in [-0.1, -0.05) is 76.1 Å². The van der Waals surface area contributed by atoms with E-state index in [2.05, 4.69) is 83.5 Å². The van der Waals surface area contributed by atoms with Crippen LogP contribution >= 0.6 is 27.5 Å². The van der Waals surface area contributed by atoms with Gasteiger partial charge in [0.25, 0.3) is 0 Å². The van der Waals surface area contributed by atoms with E-state index < -0.39 is 0 Å². The molecule has 106 valence electrons. The first-order chi connectivity index (χ1) is 10.1. The Morgan fingerprint density at radius 2 is 1.76 bits per heavy atom. The number of halogens is 2. The Bertz CT molecular complexity index is 774. The molecule has 0 aliphatic carbocycles. The van der Waals surface area contributed by atoms with Gasteiger partial charge in [0.05, 0.1) is 5.38 Å². The van der Waals surface area contributed by atoms with E-state index in [1.165, 1.54) is 21.9 Å². The molecule has 0 saturated carbocycles. The average molecular weight is 360 g/mol. The lowest BCUT2D eigenvalue weighted by Gasteiger charge is -2.14. The molecule has 0 heterocycles. The standard InChI is InChI=1S/C19H16BrCl/c1-13-9-10-18(20)17(11-13)19(21)12-15-7-4-6-14-5-2-3-8-16(14)15/h2-11,19H,12H2,1H3. The minimum Gasteiger partial charge on any atom is -0.117 e. The third-order valence-electron chi connectivity index (χ3n) is 3.77. The molecule has 0 amide bonds. The number of rotatable bonds is 3. The van der Waals surface area contributed by atoms with Crippen molar-refractivity contribution in [2.45, 2.75) is 18.7 Å². The minimum absolute atomic E-state index is 0.0370. The molecule has 1 atom stereocenters. The summed E-state index contributed by atoms with van der Waals surface area (Å²) < 4.78 is 1.08. The Labute approximate surface area is 138 Å². The van der Waals surface area contributed by atoms with E-state index in [9.17, 15) is 0 Å². The molecule has 0 radical (unpaired) electrons. The molecular weight excluding hydrogens is 344 g/mol. The first-order valence-electron chi connectivity index (χ1n) is 7.02. The molecule has 3 aromatic rings. The minimum atomic E-state index is -0.0370. The number of aryl methyl sites for hydroxylation is 1. The van der Waals surface area contributed by atoms with Gasteiger partial charge in [0, 0.05) is 4.47 Å². The zero-order chi connectivity index (χ0) is 14.8. The summed E-state index contributed by atoms with van der Waals surface area (Å²) in [7, 11) is 0. The molecule has 0 N–H and O–H groups in total. The van der Waals surface area contributed by atoms with Crippen molar-refractivity contribution in [1.29, 1.82) is 0 Å². The van der Waals surface area contributed by atoms with Gasteiger partial charge < -0.3 is 0 Å². The predicted molar refractivity (Wildman–Crippen MR) is 95.1 cm³/mol. The second-order valence-corrected chi connectivity index (χ2v) is 6.72. The van der Waals surface area contributed by atoms with Crippen molar-refractivity contribution >= 4 is 38.3 Å². The lowest BCUT2D eigenvalue weighted by atomic mass is 9.97. The number of alkyl halides is 1. The van der Waals surface area contributed by atoms with Crippen LogP contribution < -0.4 is 0 Å². The number of hydrogen-bond acceptors (Lipinski definition) is 0. The summed E-state index contributed by atoms with van der Waals surface area (Å²) in [6.07, 6.45) is 0.824. The van der Waals surface area contributed by atoms with Crippen LogP contribution in [-0.4, -0.2) is 0 Å². The van der Waals surface area contributed by atoms with Crippen LogP contribution in [0.5, 0.6) is 0 Å². The summed E-state index contributed by atoms with van der Waals surface area (Å²) >= 11 is 10.3. The third-order valence-corrected chi connectivity index (χ3v) is 4.88. The Balaban J connectivity index is 1.96. The highest BCUT2D eigenvalue weighted by Gasteiger charge is 2.14. The maximum Gasteiger partial charge on any atom is 0.0636 e. The van der Waals surface area contributed by atoms with Crippen LogP contribution in [0.2, 0.25) is 0 Å². The van der Waals surface area contributed by atoms with Crippen LogP contribution in [-0.2, 0) is 6.42 Å². The van der Waals surface area contributed by atoms with E-state index in [0.717, 1.165) is 16.5 Å². The molecule has 0 nitrogen and oxygen atoms in total. The normalized spacial score (nSPS) is 12.5. The largest absolute Gasteiger partial charge is 0.117 e. The van der Waals surface area contributed by atoms with Gasteiger partial charge in [-0.25, -0.2) is 0 Å². The molecule has 0 aromatic heterocycles. The van der Waals surface area contributed by atoms with Gasteiger partial charge in [0.15, 0.2) is 0 Å². The SMILES string of the molecule is Cc1ccc(Br)c(C(Cl)Cc2cccc3ccccc23)c1. The fraction of sp³-hybridized carbons (Fsp3) is 0.158. The highest BCUT2D eigenvalue weighted by molar-refractivity contribution is 9.10. The molecule has 0 spiro atoms. The molecule has 3 aromatic carbocycles. The smallest absolute Gasteiger partial charge is 0.0636 e. The van der Waals surface area contributed by atoms with Crippen molar-refractivity contribution in [3.8, 4) is 0 Å². The summed E-state index contributed by atoms with van der Waals surface area (Å²) in [6.45, 7) is 2.09. The summed E-state index contributed by atoms with van der Waals surface area (Å²) in [5.41, 5.74) is 3.68. The molecule has 21 heavy (non-hydrogen) atoms. The van der Waals surface area contributed by atoms with Gasteiger partial charge >= 0.3 is 0 Å². The van der Waals surface area contributed by atoms with Crippen LogP contribution in [0.25, 0.3) is 10.8 Å². The van der Waals surface area contributed by atoms with Crippen molar-refractivity contribution in [2.24, 2.45) is 0 Å². The van der Waals surface area contributed by atoms with E-state index in [1.807, 2.05) is 0 Å². The molecule has 3 rings (SSSR count). The number of hydrogen-bond donors (Lipinski definition) is 0. The first kappa shape index (κ1) is 14.6. The van der Waals surface area contributed by atoms with E-state index in [0.29, 0.717) is 0 Å². The van der Waals surface area contributed by atoms with Crippen LogP contribution in [0.15, 0.2) is 65.1 Å². The molecular formula is C19H16BrCl. The molecule has 0 fully saturated rings. The second-order valence-electron chi connectivity index (χ2n) is 5.33. The Morgan fingerprint density at radius 1 is 1.00 bits per heavy atom. The molecule has 1 unspecified atom stereocenters. The summed E-state index contributed by atoms with van der Waals surface area (Å²) in [4.78, 5) is 0. The Kier molecular flexibility index (Phi) is 4.32. The van der Waals surface area contributed by atoms with Crippen LogP contribution in [0.3, 0.4) is 0 Å². The highest BCUT2D eigenvalue weighted by Crippen LogP contribution is 2.33. The van der Waals surface area contributed by atoms with Crippen molar-refractivity contribution < 1.29 is 0 Å². The quantitative estimate of drug-likeness (QED) is 0.472. The topological polar surface area (TPSA) is 0 Å². The summed E-state index contributed by atoms with van der Waals surface area (Å²) in [5, 5.41) is 2.52. The fourth-order valence-corrected chi connectivity index (χ4v) is 3.68. The second kappa shape index (κ2) is 6.21. The zero-order valence-electron chi connectivity index (χ0n) is 11.8. The lowest BCUT2D eigenvalue weighted by molar-refractivity contribution is 0.920. The van der Waals surface area contributed by atoms with Crippen LogP contribution in [0, 0.1) is 6.92 Å². The zero-order valence-corrected chi connectivity index (χ0v) is 14.2. The lowest BCUT2D eigenvalue weighted by Crippen LogP contribution is -1.98. The fourth-order valence-electron chi connectivity index (χ4n) is 2.68. The van der Waals surface area contributed by atoms with Gasteiger partial charge in [0.1, 0.15) is 0 Å². The van der Waals surface area contributed by atoms with E-state index >= 15 is 0 Å². The Hall–Kier alpha value is -1.31. The van der Waals surface area contributed by atoms with E-state index in [1.54, 1.807) is 0 Å². The van der Waals surface area contributed by atoms with Crippen LogP contribution in [0.4, 0.5) is 0 Å². The van der Waals surface area contributed by atoms with E-state index in [-0.39, 0.29) is 5.38 Å².